The standard InChI is InChI=1S/C12H12ClN3.ClH/c13-11-4-2-1-3-10(11)9-7-15-12(5-6-14)16-8-9;/h1-4,7-8H,5-6,14H2;1H. The van der Waals surface area contributed by atoms with Gasteiger partial charge in [0.25, 0.3) is 0 Å². The van der Waals surface area contributed by atoms with Gasteiger partial charge in [0.05, 0.1) is 0 Å². The first-order valence-corrected chi connectivity index (χ1v) is 5.45. The maximum absolute atomic E-state index is 6.08. The maximum atomic E-state index is 6.08. The molecule has 0 saturated heterocycles. The van der Waals surface area contributed by atoms with E-state index in [1.54, 1.807) is 12.4 Å². The number of hydrogen-bond donors (Lipinski definition) is 1. The van der Waals surface area contributed by atoms with Crippen molar-refractivity contribution in [1.82, 2.24) is 9.97 Å². The summed E-state index contributed by atoms with van der Waals surface area (Å²) in [5, 5.41) is 0.706. The Labute approximate surface area is 111 Å². The minimum Gasteiger partial charge on any atom is -0.330 e. The first-order valence-electron chi connectivity index (χ1n) is 5.07. The van der Waals surface area contributed by atoms with Gasteiger partial charge in [-0.2, -0.15) is 0 Å². The van der Waals surface area contributed by atoms with Crippen molar-refractivity contribution in [2.75, 3.05) is 6.54 Å². The summed E-state index contributed by atoms with van der Waals surface area (Å²) in [6, 6.07) is 7.64. The highest BCUT2D eigenvalue weighted by molar-refractivity contribution is 6.33. The minimum atomic E-state index is 0. The van der Waals surface area contributed by atoms with Crippen molar-refractivity contribution in [3.63, 3.8) is 0 Å². The molecule has 0 aliphatic carbocycles. The Kier molecular flexibility index (Phi) is 5.35. The van der Waals surface area contributed by atoms with Crippen LogP contribution in [0.4, 0.5) is 0 Å². The predicted octanol–water partition coefficient (Wildman–Crippen LogP) is 2.72. The van der Waals surface area contributed by atoms with Gasteiger partial charge in [0, 0.05) is 35.0 Å². The van der Waals surface area contributed by atoms with Crippen LogP contribution in [0.15, 0.2) is 36.7 Å². The van der Waals surface area contributed by atoms with Crippen LogP contribution in [0.25, 0.3) is 11.1 Å². The number of nitrogens with zero attached hydrogens (tertiary/aromatic N) is 2. The van der Waals surface area contributed by atoms with Gasteiger partial charge in [-0.1, -0.05) is 29.8 Å². The lowest BCUT2D eigenvalue weighted by Crippen LogP contribution is -2.06. The quantitative estimate of drug-likeness (QED) is 0.932. The molecule has 0 aliphatic rings. The molecule has 2 aromatic rings. The van der Waals surface area contributed by atoms with Gasteiger partial charge in [0.15, 0.2) is 0 Å². The van der Waals surface area contributed by atoms with Gasteiger partial charge >= 0.3 is 0 Å². The summed E-state index contributed by atoms with van der Waals surface area (Å²) in [4.78, 5) is 8.47. The molecule has 0 atom stereocenters. The molecule has 0 radical (unpaired) electrons. The minimum absolute atomic E-state index is 0. The number of halogens is 2. The van der Waals surface area contributed by atoms with Crippen LogP contribution in [-0.4, -0.2) is 16.5 Å². The molecule has 0 bridgehead atoms. The molecule has 2 rings (SSSR count). The third kappa shape index (κ3) is 3.40. The zero-order valence-corrected chi connectivity index (χ0v) is 10.7. The second-order valence-electron chi connectivity index (χ2n) is 3.41. The summed E-state index contributed by atoms with van der Waals surface area (Å²) in [7, 11) is 0. The van der Waals surface area contributed by atoms with Gasteiger partial charge < -0.3 is 5.73 Å². The first kappa shape index (κ1) is 13.9. The van der Waals surface area contributed by atoms with Crippen molar-refractivity contribution in [2.45, 2.75) is 6.42 Å². The Morgan fingerprint density at radius 2 is 1.76 bits per heavy atom. The molecule has 17 heavy (non-hydrogen) atoms. The van der Waals surface area contributed by atoms with Crippen molar-refractivity contribution in [3.8, 4) is 11.1 Å². The SMILES string of the molecule is Cl.NCCc1ncc(-c2ccccc2Cl)cn1. The van der Waals surface area contributed by atoms with Crippen molar-refractivity contribution >= 4 is 24.0 Å². The summed E-state index contributed by atoms with van der Waals surface area (Å²) in [6.07, 6.45) is 4.25. The molecule has 1 aromatic carbocycles. The molecule has 0 unspecified atom stereocenters. The van der Waals surface area contributed by atoms with Crippen molar-refractivity contribution < 1.29 is 0 Å². The maximum Gasteiger partial charge on any atom is 0.129 e. The second-order valence-corrected chi connectivity index (χ2v) is 3.81. The summed E-state index contributed by atoms with van der Waals surface area (Å²) in [5.74, 6) is 0.762. The fraction of sp³-hybridized carbons (Fsp3) is 0.167. The highest BCUT2D eigenvalue weighted by Crippen LogP contribution is 2.26. The number of rotatable bonds is 3. The van der Waals surface area contributed by atoms with E-state index in [-0.39, 0.29) is 12.4 Å². The lowest BCUT2D eigenvalue weighted by atomic mass is 10.1. The van der Waals surface area contributed by atoms with Crippen LogP contribution in [-0.2, 0) is 6.42 Å². The highest BCUT2D eigenvalue weighted by Gasteiger charge is 2.03. The van der Waals surface area contributed by atoms with Crippen LogP contribution < -0.4 is 5.73 Å². The second kappa shape index (κ2) is 6.55. The van der Waals surface area contributed by atoms with Crippen LogP contribution >= 0.6 is 24.0 Å². The number of hydrogen-bond acceptors (Lipinski definition) is 3. The van der Waals surface area contributed by atoms with Crippen LogP contribution in [0.5, 0.6) is 0 Å². The van der Waals surface area contributed by atoms with E-state index in [1.807, 2.05) is 24.3 Å². The average molecular weight is 270 g/mol. The van der Waals surface area contributed by atoms with Crippen LogP contribution in [0.3, 0.4) is 0 Å². The number of aromatic nitrogens is 2. The summed E-state index contributed by atoms with van der Waals surface area (Å²) >= 11 is 6.08. The number of nitrogens with two attached hydrogens (primary N) is 1. The van der Waals surface area contributed by atoms with Gasteiger partial charge in [-0.25, -0.2) is 9.97 Å². The third-order valence-corrected chi connectivity index (χ3v) is 2.59. The predicted molar refractivity (Wildman–Crippen MR) is 72.5 cm³/mol. The van der Waals surface area contributed by atoms with Crippen molar-refractivity contribution in [3.05, 3.63) is 47.5 Å². The Hall–Kier alpha value is -1.16. The van der Waals surface area contributed by atoms with Crippen LogP contribution in [0.2, 0.25) is 5.02 Å². The first-order chi connectivity index (χ1) is 7.81. The molecule has 3 nitrogen and oxygen atoms in total. The fourth-order valence-corrected chi connectivity index (χ4v) is 1.69. The molecule has 5 heteroatoms. The van der Waals surface area contributed by atoms with E-state index in [9.17, 15) is 0 Å². The molecule has 1 aromatic heterocycles. The summed E-state index contributed by atoms with van der Waals surface area (Å²) in [6.45, 7) is 0.561. The van der Waals surface area contributed by atoms with E-state index in [2.05, 4.69) is 9.97 Å². The molecule has 0 saturated carbocycles. The molecule has 0 amide bonds. The molecule has 90 valence electrons. The monoisotopic (exact) mass is 269 g/mol. The zero-order valence-electron chi connectivity index (χ0n) is 9.14. The van der Waals surface area contributed by atoms with E-state index < -0.39 is 0 Å². The topological polar surface area (TPSA) is 51.8 Å². The van der Waals surface area contributed by atoms with E-state index in [1.165, 1.54) is 0 Å². The summed E-state index contributed by atoms with van der Waals surface area (Å²) in [5.41, 5.74) is 7.30. The van der Waals surface area contributed by atoms with Gasteiger partial charge in [0.1, 0.15) is 5.82 Å². The van der Waals surface area contributed by atoms with Crippen molar-refractivity contribution in [1.29, 1.82) is 0 Å². The van der Waals surface area contributed by atoms with E-state index in [0.717, 1.165) is 17.0 Å². The molecule has 0 fully saturated rings. The molecule has 0 spiro atoms. The fourth-order valence-electron chi connectivity index (χ4n) is 1.45. The van der Waals surface area contributed by atoms with Crippen LogP contribution in [0.1, 0.15) is 5.82 Å². The Morgan fingerprint density at radius 3 is 2.35 bits per heavy atom. The smallest absolute Gasteiger partial charge is 0.129 e. The average Bonchev–Trinajstić information content (AvgIpc) is 2.31. The number of benzene rings is 1. The summed E-state index contributed by atoms with van der Waals surface area (Å²) < 4.78 is 0. The molecule has 0 aliphatic heterocycles. The Morgan fingerprint density at radius 1 is 1.12 bits per heavy atom. The lowest BCUT2D eigenvalue weighted by Gasteiger charge is -2.04. The third-order valence-electron chi connectivity index (χ3n) is 2.26. The zero-order chi connectivity index (χ0) is 11.4. The van der Waals surface area contributed by atoms with Gasteiger partial charge in [0.2, 0.25) is 0 Å². The van der Waals surface area contributed by atoms with E-state index >= 15 is 0 Å². The highest BCUT2D eigenvalue weighted by atomic mass is 35.5. The normalized spacial score (nSPS) is 9.76. The molecular weight excluding hydrogens is 257 g/mol. The largest absolute Gasteiger partial charge is 0.330 e. The van der Waals surface area contributed by atoms with Gasteiger partial charge in [-0.15, -0.1) is 12.4 Å². The van der Waals surface area contributed by atoms with Gasteiger partial charge in [-0.3, -0.25) is 0 Å². The Bertz CT molecular complexity index is 471. The molecule has 2 N–H and O–H groups in total. The van der Waals surface area contributed by atoms with Crippen LogP contribution in [0, 0.1) is 0 Å². The van der Waals surface area contributed by atoms with Crippen molar-refractivity contribution in [2.24, 2.45) is 5.73 Å². The lowest BCUT2D eigenvalue weighted by molar-refractivity contribution is 0.868. The van der Waals surface area contributed by atoms with E-state index in [0.29, 0.717) is 18.0 Å². The molecular formula is C12H13Cl2N3. The van der Waals surface area contributed by atoms with Gasteiger partial charge in [-0.05, 0) is 12.6 Å². The van der Waals surface area contributed by atoms with E-state index in [4.69, 9.17) is 17.3 Å². The molecule has 1 heterocycles. The Balaban J connectivity index is 0.00000144.